The van der Waals surface area contributed by atoms with Crippen molar-refractivity contribution in [3.63, 3.8) is 0 Å². The Morgan fingerprint density at radius 3 is 2.68 bits per heavy atom. The van der Waals surface area contributed by atoms with Crippen molar-refractivity contribution < 1.29 is 9.53 Å². The average Bonchev–Trinajstić information content (AvgIpc) is 2.25. The van der Waals surface area contributed by atoms with E-state index in [2.05, 4.69) is 26.1 Å². The second kappa shape index (κ2) is 6.27. The first-order valence-corrected chi connectivity index (χ1v) is 7.12. The second-order valence-electron chi connectivity index (χ2n) is 6.92. The lowest BCUT2D eigenvalue weighted by Crippen LogP contribution is -2.45. The number of hydrogen-bond acceptors (Lipinski definition) is 3. The van der Waals surface area contributed by atoms with Gasteiger partial charge < -0.3 is 10.1 Å². The van der Waals surface area contributed by atoms with Gasteiger partial charge >= 0.3 is 0 Å². The summed E-state index contributed by atoms with van der Waals surface area (Å²) in [5.74, 6) is 0.116. The van der Waals surface area contributed by atoms with Crippen LogP contribution in [0.15, 0.2) is 0 Å². The summed E-state index contributed by atoms with van der Waals surface area (Å²) in [5.41, 5.74) is 0.149. The van der Waals surface area contributed by atoms with Crippen molar-refractivity contribution in [3.8, 4) is 6.26 Å². The molecule has 0 bridgehead atoms. The van der Waals surface area contributed by atoms with E-state index in [1.807, 2.05) is 13.2 Å². The number of nitrogens with zero attached hydrogens (tertiary/aromatic N) is 1. The number of amides is 1. The average molecular weight is 266 g/mol. The smallest absolute Gasteiger partial charge is 0.286 e. The van der Waals surface area contributed by atoms with Gasteiger partial charge in [0.25, 0.3) is 6.26 Å². The Labute approximate surface area is 116 Å². The highest BCUT2D eigenvalue weighted by molar-refractivity contribution is 5.75. The predicted molar refractivity (Wildman–Crippen MR) is 74.1 cm³/mol. The summed E-state index contributed by atoms with van der Waals surface area (Å²) in [5, 5.41) is 11.7. The quantitative estimate of drug-likeness (QED) is 0.778. The summed E-state index contributed by atoms with van der Waals surface area (Å²) in [6.45, 7) is 9.24. The first kappa shape index (κ1) is 15.8. The highest BCUT2D eigenvalue weighted by Gasteiger charge is 2.42. The van der Waals surface area contributed by atoms with Crippen LogP contribution in [0.5, 0.6) is 0 Å². The van der Waals surface area contributed by atoms with Crippen LogP contribution in [0.3, 0.4) is 0 Å². The van der Waals surface area contributed by atoms with Crippen LogP contribution in [0.2, 0.25) is 0 Å². The predicted octanol–water partition coefficient (Wildman–Crippen LogP) is 2.99. The maximum absolute atomic E-state index is 11.6. The Balaban J connectivity index is 2.62. The normalized spacial score (nSPS) is 29.3. The molecule has 1 fully saturated rings. The van der Waals surface area contributed by atoms with E-state index in [9.17, 15) is 4.79 Å². The summed E-state index contributed by atoms with van der Waals surface area (Å²) in [6, 6.07) is 0. The molecule has 0 aliphatic heterocycles. The number of carbonyl (C=O) groups is 1. The molecule has 1 amide bonds. The van der Waals surface area contributed by atoms with Gasteiger partial charge in [0, 0.05) is 13.0 Å². The van der Waals surface area contributed by atoms with Gasteiger partial charge in [0.05, 0.1) is 0 Å². The van der Waals surface area contributed by atoms with Crippen molar-refractivity contribution >= 4 is 5.91 Å². The monoisotopic (exact) mass is 266 g/mol. The Morgan fingerprint density at radius 1 is 1.42 bits per heavy atom. The van der Waals surface area contributed by atoms with Crippen molar-refractivity contribution in [2.45, 2.75) is 65.9 Å². The van der Waals surface area contributed by atoms with Crippen LogP contribution >= 0.6 is 0 Å². The van der Waals surface area contributed by atoms with Crippen LogP contribution in [-0.4, -0.2) is 18.6 Å². The molecule has 0 spiro atoms. The molecule has 1 aliphatic rings. The fourth-order valence-electron chi connectivity index (χ4n) is 3.46. The lowest BCUT2D eigenvalue weighted by molar-refractivity contribution is -0.122. The first-order valence-electron chi connectivity index (χ1n) is 7.12. The molecule has 4 nitrogen and oxygen atoms in total. The van der Waals surface area contributed by atoms with Gasteiger partial charge in [-0.15, -0.1) is 0 Å². The van der Waals surface area contributed by atoms with Gasteiger partial charge in [-0.05, 0) is 36.5 Å². The van der Waals surface area contributed by atoms with Crippen molar-refractivity contribution in [2.75, 3.05) is 6.54 Å². The van der Waals surface area contributed by atoms with Gasteiger partial charge in [0.2, 0.25) is 5.91 Å². The van der Waals surface area contributed by atoms with Crippen LogP contribution in [0.4, 0.5) is 0 Å². The summed E-state index contributed by atoms with van der Waals surface area (Å²) < 4.78 is 5.16. The highest BCUT2D eigenvalue weighted by Crippen LogP contribution is 2.46. The SMILES string of the molecule is CCCC(=O)NCC1(C)CC(OC#N)CC(C)(C)C1. The van der Waals surface area contributed by atoms with Crippen molar-refractivity contribution in [1.82, 2.24) is 5.32 Å². The fourth-order valence-corrected chi connectivity index (χ4v) is 3.46. The minimum Gasteiger partial charge on any atom is -0.424 e. The number of ether oxygens (including phenoxy) is 1. The molecule has 0 aromatic heterocycles. The molecule has 19 heavy (non-hydrogen) atoms. The van der Waals surface area contributed by atoms with E-state index >= 15 is 0 Å². The summed E-state index contributed by atoms with van der Waals surface area (Å²) in [4.78, 5) is 11.6. The molecule has 0 saturated heterocycles. The summed E-state index contributed by atoms with van der Waals surface area (Å²) in [7, 11) is 0. The van der Waals surface area contributed by atoms with Gasteiger partial charge in [-0.3, -0.25) is 4.79 Å². The molecule has 1 rings (SSSR count). The van der Waals surface area contributed by atoms with Crippen LogP contribution in [0.25, 0.3) is 0 Å². The highest BCUT2D eigenvalue weighted by atomic mass is 16.5. The van der Waals surface area contributed by atoms with Crippen LogP contribution in [0, 0.1) is 22.3 Å². The Bertz CT molecular complexity index is 360. The largest absolute Gasteiger partial charge is 0.424 e. The van der Waals surface area contributed by atoms with E-state index in [1.165, 1.54) is 0 Å². The lowest BCUT2D eigenvalue weighted by atomic mass is 9.63. The third-order valence-corrected chi connectivity index (χ3v) is 3.81. The van der Waals surface area contributed by atoms with Crippen molar-refractivity contribution in [1.29, 1.82) is 5.26 Å². The Hall–Kier alpha value is -1.24. The third-order valence-electron chi connectivity index (χ3n) is 3.81. The minimum absolute atomic E-state index is 0.00662. The van der Waals surface area contributed by atoms with E-state index in [0.717, 1.165) is 25.7 Å². The molecule has 2 atom stereocenters. The Kier molecular flexibility index (Phi) is 5.22. The van der Waals surface area contributed by atoms with Gasteiger partial charge in [0.1, 0.15) is 6.10 Å². The summed E-state index contributed by atoms with van der Waals surface area (Å²) in [6.07, 6.45) is 6.01. The van der Waals surface area contributed by atoms with Crippen LogP contribution < -0.4 is 5.32 Å². The van der Waals surface area contributed by atoms with Gasteiger partial charge in [-0.2, -0.15) is 5.26 Å². The molecule has 108 valence electrons. The topological polar surface area (TPSA) is 62.1 Å². The number of carbonyl (C=O) groups excluding carboxylic acids is 1. The van der Waals surface area contributed by atoms with E-state index in [4.69, 9.17) is 10.00 Å². The molecule has 4 heteroatoms. The molecule has 0 radical (unpaired) electrons. The van der Waals surface area contributed by atoms with E-state index in [1.54, 1.807) is 0 Å². The minimum atomic E-state index is -0.0261. The molecule has 0 aromatic rings. The molecular weight excluding hydrogens is 240 g/mol. The lowest BCUT2D eigenvalue weighted by Gasteiger charge is -2.45. The number of nitriles is 1. The third kappa shape index (κ3) is 5.10. The number of hydrogen-bond donors (Lipinski definition) is 1. The second-order valence-corrected chi connectivity index (χ2v) is 6.92. The zero-order valence-corrected chi connectivity index (χ0v) is 12.6. The van der Waals surface area contributed by atoms with E-state index in [0.29, 0.717) is 13.0 Å². The van der Waals surface area contributed by atoms with E-state index in [-0.39, 0.29) is 22.8 Å². The van der Waals surface area contributed by atoms with Gasteiger partial charge in [0.15, 0.2) is 0 Å². The molecule has 1 N–H and O–H groups in total. The van der Waals surface area contributed by atoms with Crippen LogP contribution in [-0.2, 0) is 9.53 Å². The molecule has 1 aliphatic carbocycles. The molecule has 0 heterocycles. The maximum atomic E-state index is 11.6. The standard InChI is InChI=1S/C15H26N2O2/c1-5-6-13(18)17-10-15(4)8-12(19-11-16)7-14(2,3)9-15/h12H,5-10H2,1-4H3,(H,17,18). The molecule has 2 unspecified atom stereocenters. The number of rotatable bonds is 5. The molecular formula is C15H26N2O2. The van der Waals surface area contributed by atoms with Crippen molar-refractivity contribution in [2.24, 2.45) is 10.8 Å². The zero-order valence-electron chi connectivity index (χ0n) is 12.6. The van der Waals surface area contributed by atoms with Gasteiger partial charge in [-0.25, -0.2) is 0 Å². The molecule has 0 aromatic carbocycles. The number of nitrogens with one attached hydrogen (secondary N) is 1. The zero-order chi connectivity index (χ0) is 14.5. The first-order chi connectivity index (χ1) is 8.80. The van der Waals surface area contributed by atoms with Gasteiger partial charge in [-0.1, -0.05) is 27.7 Å². The maximum Gasteiger partial charge on any atom is 0.286 e. The Morgan fingerprint density at radius 2 is 2.11 bits per heavy atom. The van der Waals surface area contributed by atoms with E-state index < -0.39 is 0 Å². The van der Waals surface area contributed by atoms with Crippen LogP contribution in [0.1, 0.15) is 59.8 Å². The summed E-state index contributed by atoms with van der Waals surface area (Å²) >= 11 is 0. The molecule has 1 saturated carbocycles. The fraction of sp³-hybridized carbons (Fsp3) is 0.867. The van der Waals surface area contributed by atoms with Crippen molar-refractivity contribution in [3.05, 3.63) is 0 Å².